The molecule has 2 aromatic rings. The lowest BCUT2D eigenvalue weighted by Crippen LogP contribution is -2.22. The zero-order valence-electron chi connectivity index (χ0n) is 11.9. The number of carboxylic acids is 1. The molecule has 1 atom stereocenters. The van der Waals surface area contributed by atoms with Crippen LogP contribution >= 0.6 is 0 Å². The van der Waals surface area contributed by atoms with Gasteiger partial charge in [0, 0.05) is 13.6 Å². The van der Waals surface area contributed by atoms with Gasteiger partial charge in [-0.15, -0.1) is 0 Å². The van der Waals surface area contributed by atoms with Crippen molar-refractivity contribution in [1.82, 2.24) is 9.78 Å². The molecule has 1 aromatic carbocycles. The molecule has 0 aliphatic heterocycles. The minimum Gasteiger partial charge on any atom is -0.481 e. The molecule has 0 fully saturated rings. The van der Waals surface area contributed by atoms with Gasteiger partial charge in [-0.3, -0.25) is 9.48 Å². The Hall–Kier alpha value is -2.81. The van der Waals surface area contributed by atoms with Gasteiger partial charge < -0.3 is 10.4 Å². The number of nitrogens with zero attached hydrogens (tertiary/aromatic N) is 3. The molecule has 0 spiro atoms. The van der Waals surface area contributed by atoms with E-state index in [1.54, 1.807) is 42.9 Å². The molecule has 1 unspecified atom stereocenters. The molecule has 0 radical (unpaired) electrons. The number of hydrogen-bond donors (Lipinski definition) is 2. The summed E-state index contributed by atoms with van der Waals surface area (Å²) in [6, 6.07) is 11.1. The molecule has 6 heteroatoms. The number of benzene rings is 1. The van der Waals surface area contributed by atoms with Crippen LogP contribution in [0.25, 0.3) is 0 Å². The van der Waals surface area contributed by atoms with E-state index in [1.807, 2.05) is 6.07 Å². The predicted molar refractivity (Wildman–Crippen MR) is 78.0 cm³/mol. The summed E-state index contributed by atoms with van der Waals surface area (Å²) in [6.45, 7) is 1.93. The zero-order chi connectivity index (χ0) is 15.4. The fourth-order valence-corrected chi connectivity index (χ4v) is 2.23. The number of nitriles is 1. The van der Waals surface area contributed by atoms with Crippen LogP contribution < -0.4 is 5.32 Å². The van der Waals surface area contributed by atoms with Crippen molar-refractivity contribution in [3.05, 3.63) is 47.2 Å². The van der Waals surface area contributed by atoms with Crippen molar-refractivity contribution in [1.29, 1.82) is 5.26 Å². The summed E-state index contributed by atoms with van der Waals surface area (Å²) in [5, 5.41) is 25.7. The van der Waals surface area contributed by atoms with Gasteiger partial charge in [-0.25, -0.2) is 0 Å². The van der Waals surface area contributed by atoms with E-state index >= 15 is 0 Å². The van der Waals surface area contributed by atoms with Crippen molar-refractivity contribution in [3.63, 3.8) is 0 Å². The molecule has 1 heterocycles. The lowest BCUT2D eigenvalue weighted by Gasteiger charge is -2.14. The standard InChI is InChI=1S/C15H16N4O2/c1-10-12(8-16)14(19(2)18-10)17-9-13(15(20)21)11-6-4-3-5-7-11/h3-7,13,17H,9H2,1-2H3,(H,20,21). The lowest BCUT2D eigenvalue weighted by atomic mass is 9.99. The van der Waals surface area contributed by atoms with Gasteiger partial charge in [-0.05, 0) is 12.5 Å². The third-order valence-corrected chi connectivity index (χ3v) is 3.31. The second kappa shape index (κ2) is 6.09. The first-order valence-electron chi connectivity index (χ1n) is 6.50. The zero-order valence-corrected chi connectivity index (χ0v) is 11.9. The first-order valence-corrected chi connectivity index (χ1v) is 6.50. The first-order chi connectivity index (χ1) is 10.0. The highest BCUT2D eigenvalue weighted by Gasteiger charge is 2.21. The minimum absolute atomic E-state index is 0.187. The van der Waals surface area contributed by atoms with E-state index < -0.39 is 11.9 Å². The maximum Gasteiger partial charge on any atom is 0.312 e. The maximum atomic E-state index is 11.4. The molecule has 0 saturated carbocycles. The topological polar surface area (TPSA) is 90.9 Å². The Bertz CT molecular complexity index is 686. The van der Waals surface area contributed by atoms with Crippen LogP contribution in [-0.4, -0.2) is 27.4 Å². The summed E-state index contributed by atoms with van der Waals surface area (Å²) < 4.78 is 1.55. The molecule has 21 heavy (non-hydrogen) atoms. The van der Waals surface area contributed by atoms with Crippen molar-refractivity contribution in [2.45, 2.75) is 12.8 Å². The Morgan fingerprint density at radius 2 is 2.14 bits per heavy atom. The first kappa shape index (κ1) is 14.6. The molecular weight excluding hydrogens is 268 g/mol. The van der Waals surface area contributed by atoms with E-state index in [9.17, 15) is 9.90 Å². The number of carboxylic acid groups (broad SMARTS) is 1. The average molecular weight is 284 g/mol. The van der Waals surface area contributed by atoms with Gasteiger partial charge in [-0.1, -0.05) is 30.3 Å². The van der Waals surface area contributed by atoms with E-state index in [0.29, 0.717) is 17.1 Å². The molecule has 108 valence electrons. The van der Waals surface area contributed by atoms with E-state index in [2.05, 4.69) is 16.5 Å². The number of aryl methyl sites for hydroxylation is 2. The van der Waals surface area contributed by atoms with Gasteiger partial charge in [0.05, 0.1) is 11.6 Å². The summed E-state index contributed by atoms with van der Waals surface area (Å²) >= 11 is 0. The van der Waals surface area contributed by atoms with Gasteiger partial charge in [0.1, 0.15) is 17.5 Å². The fourth-order valence-electron chi connectivity index (χ4n) is 2.23. The number of hydrogen-bond acceptors (Lipinski definition) is 4. The van der Waals surface area contributed by atoms with Crippen LogP contribution in [0.3, 0.4) is 0 Å². The average Bonchev–Trinajstić information content (AvgIpc) is 2.73. The monoisotopic (exact) mass is 284 g/mol. The van der Waals surface area contributed by atoms with Crippen molar-refractivity contribution in [3.8, 4) is 6.07 Å². The van der Waals surface area contributed by atoms with Crippen LogP contribution in [0.1, 0.15) is 22.7 Å². The van der Waals surface area contributed by atoms with E-state index in [0.717, 1.165) is 5.56 Å². The lowest BCUT2D eigenvalue weighted by molar-refractivity contribution is -0.138. The SMILES string of the molecule is Cc1nn(C)c(NCC(C(=O)O)c2ccccc2)c1C#N. The third kappa shape index (κ3) is 3.03. The number of aliphatic carboxylic acids is 1. The second-order valence-corrected chi connectivity index (χ2v) is 4.73. The van der Waals surface area contributed by atoms with Crippen LogP contribution in [0.2, 0.25) is 0 Å². The molecule has 0 saturated heterocycles. The van der Waals surface area contributed by atoms with E-state index in [1.165, 1.54) is 0 Å². The van der Waals surface area contributed by atoms with Gasteiger partial charge in [0.15, 0.2) is 0 Å². The Kier molecular flexibility index (Phi) is 4.24. The Morgan fingerprint density at radius 1 is 1.48 bits per heavy atom. The predicted octanol–water partition coefficient (Wildman–Crippen LogP) is 1.88. The van der Waals surface area contributed by atoms with Crippen LogP contribution in [0, 0.1) is 18.3 Å². The van der Waals surface area contributed by atoms with Gasteiger partial charge >= 0.3 is 5.97 Å². The highest BCUT2D eigenvalue weighted by Crippen LogP contribution is 2.21. The molecule has 0 bridgehead atoms. The quantitative estimate of drug-likeness (QED) is 0.874. The minimum atomic E-state index is -0.911. The highest BCUT2D eigenvalue weighted by atomic mass is 16.4. The van der Waals surface area contributed by atoms with Crippen LogP contribution in [0.5, 0.6) is 0 Å². The Morgan fingerprint density at radius 3 is 2.71 bits per heavy atom. The van der Waals surface area contributed by atoms with Crippen molar-refractivity contribution < 1.29 is 9.90 Å². The normalized spacial score (nSPS) is 11.7. The Labute approximate surface area is 122 Å². The van der Waals surface area contributed by atoms with Gasteiger partial charge in [-0.2, -0.15) is 10.4 Å². The molecular formula is C15H16N4O2. The number of anilines is 1. The van der Waals surface area contributed by atoms with E-state index in [-0.39, 0.29) is 6.54 Å². The Balaban J connectivity index is 2.21. The van der Waals surface area contributed by atoms with Crippen LogP contribution in [0.4, 0.5) is 5.82 Å². The van der Waals surface area contributed by atoms with Gasteiger partial charge in [0.25, 0.3) is 0 Å². The summed E-state index contributed by atoms with van der Waals surface area (Å²) in [4.78, 5) is 11.4. The molecule has 1 aromatic heterocycles. The maximum absolute atomic E-state index is 11.4. The third-order valence-electron chi connectivity index (χ3n) is 3.31. The van der Waals surface area contributed by atoms with Crippen LogP contribution in [0.15, 0.2) is 30.3 Å². The van der Waals surface area contributed by atoms with E-state index in [4.69, 9.17) is 5.26 Å². The second-order valence-electron chi connectivity index (χ2n) is 4.73. The molecule has 2 N–H and O–H groups in total. The summed E-state index contributed by atoms with van der Waals surface area (Å²) in [5.74, 6) is -1.06. The number of carbonyl (C=O) groups is 1. The number of aromatic nitrogens is 2. The van der Waals surface area contributed by atoms with Crippen molar-refractivity contribution >= 4 is 11.8 Å². The summed E-state index contributed by atoms with van der Waals surface area (Å²) in [6.07, 6.45) is 0. The molecule has 2 rings (SSSR count). The fraction of sp³-hybridized carbons (Fsp3) is 0.267. The number of nitrogens with one attached hydrogen (secondary N) is 1. The van der Waals surface area contributed by atoms with Crippen molar-refractivity contribution in [2.24, 2.45) is 7.05 Å². The van der Waals surface area contributed by atoms with Crippen LogP contribution in [-0.2, 0) is 11.8 Å². The molecule has 0 aliphatic rings. The highest BCUT2D eigenvalue weighted by molar-refractivity contribution is 5.77. The van der Waals surface area contributed by atoms with Crippen molar-refractivity contribution in [2.75, 3.05) is 11.9 Å². The summed E-state index contributed by atoms with van der Waals surface area (Å²) in [7, 11) is 1.72. The number of rotatable bonds is 5. The smallest absolute Gasteiger partial charge is 0.312 e. The molecule has 0 aliphatic carbocycles. The molecule has 6 nitrogen and oxygen atoms in total. The van der Waals surface area contributed by atoms with Gasteiger partial charge in [0.2, 0.25) is 0 Å². The largest absolute Gasteiger partial charge is 0.481 e. The molecule has 0 amide bonds. The summed E-state index contributed by atoms with van der Waals surface area (Å²) in [5.41, 5.74) is 1.78.